The van der Waals surface area contributed by atoms with Gasteiger partial charge in [0.05, 0.1) is 0 Å². The van der Waals surface area contributed by atoms with Gasteiger partial charge in [-0.25, -0.2) is 20.1 Å². The summed E-state index contributed by atoms with van der Waals surface area (Å²) in [5.41, 5.74) is 2.11. The minimum atomic E-state index is -1.13. The highest BCUT2D eigenvalue weighted by Crippen LogP contribution is 2.18. The van der Waals surface area contributed by atoms with Crippen LogP contribution in [0.4, 0.5) is 9.93 Å². The van der Waals surface area contributed by atoms with Crippen LogP contribution < -0.4 is 10.4 Å². The topological polar surface area (TPSA) is 95.0 Å². The lowest BCUT2D eigenvalue weighted by Gasteiger charge is -2.34. The zero-order valence-corrected chi connectivity index (χ0v) is 10.9. The summed E-state index contributed by atoms with van der Waals surface area (Å²) in [6.07, 6.45) is 1.75. The number of anilines is 1. The second-order valence-electron chi connectivity index (χ2n) is 3.88. The molecule has 1 aliphatic rings. The van der Waals surface area contributed by atoms with Crippen LogP contribution in [0.5, 0.6) is 0 Å². The van der Waals surface area contributed by atoms with Gasteiger partial charge in [-0.05, 0) is 0 Å². The highest BCUT2D eigenvalue weighted by atomic mass is 32.1. The third-order valence-electron chi connectivity index (χ3n) is 2.61. The minimum Gasteiger partial charge on any atom is -0.479 e. The molecule has 2 amide bonds. The number of amides is 2. The number of nitrogens with zero attached hydrogens (tertiary/aromatic N) is 3. The molecule has 0 aromatic carbocycles. The van der Waals surface area contributed by atoms with Crippen LogP contribution >= 0.6 is 11.3 Å². The summed E-state index contributed by atoms with van der Waals surface area (Å²) >= 11 is 1.56. The molecule has 19 heavy (non-hydrogen) atoms. The number of hydrogen-bond donors (Lipinski definition) is 2. The van der Waals surface area contributed by atoms with Gasteiger partial charge in [0.1, 0.15) is 0 Å². The van der Waals surface area contributed by atoms with Crippen molar-refractivity contribution >= 4 is 28.5 Å². The van der Waals surface area contributed by atoms with Crippen molar-refractivity contribution in [3.05, 3.63) is 11.6 Å². The summed E-state index contributed by atoms with van der Waals surface area (Å²) in [6, 6.07) is -0.417. The Bertz CT molecular complexity index is 431. The fourth-order valence-electron chi connectivity index (χ4n) is 1.70. The van der Waals surface area contributed by atoms with E-state index in [1.807, 2.05) is 5.38 Å². The number of rotatable bonds is 4. The quantitative estimate of drug-likeness (QED) is 0.756. The van der Waals surface area contributed by atoms with Crippen LogP contribution in [0.25, 0.3) is 0 Å². The molecule has 0 atom stereocenters. The van der Waals surface area contributed by atoms with E-state index >= 15 is 0 Å². The first-order valence-electron chi connectivity index (χ1n) is 5.70. The molecule has 8 nitrogen and oxygen atoms in total. The van der Waals surface area contributed by atoms with Crippen molar-refractivity contribution in [2.45, 2.75) is 0 Å². The summed E-state index contributed by atoms with van der Waals surface area (Å²) in [5.74, 6) is -1.13. The summed E-state index contributed by atoms with van der Waals surface area (Å²) in [6.45, 7) is 1.92. The molecule has 2 heterocycles. The molecule has 1 aliphatic heterocycles. The van der Waals surface area contributed by atoms with Gasteiger partial charge >= 0.3 is 12.0 Å². The van der Waals surface area contributed by atoms with Gasteiger partial charge in [0.2, 0.25) is 0 Å². The van der Waals surface area contributed by atoms with E-state index in [1.54, 1.807) is 22.4 Å². The Hall–Kier alpha value is -1.87. The molecule has 2 rings (SSSR count). The van der Waals surface area contributed by atoms with Crippen LogP contribution in [0.1, 0.15) is 0 Å². The first kappa shape index (κ1) is 13.6. The first-order chi connectivity index (χ1) is 9.16. The maximum Gasteiger partial charge on any atom is 0.341 e. The van der Waals surface area contributed by atoms with Gasteiger partial charge in [0, 0.05) is 37.8 Å². The van der Waals surface area contributed by atoms with Crippen molar-refractivity contribution in [1.82, 2.24) is 15.4 Å². The van der Waals surface area contributed by atoms with E-state index in [-0.39, 0.29) is 0 Å². The van der Waals surface area contributed by atoms with E-state index in [2.05, 4.69) is 20.2 Å². The maximum atomic E-state index is 11.6. The van der Waals surface area contributed by atoms with Gasteiger partial charge in [-0.2, -0.15) is 0 Å². The molecule has 1 aromatic rings. The van der Waals surface area contributed by atoms with Gasteiger partial charge < -0.3 is 14.9 Å². The molecule has 0 spiro atoms. The zero-order valence-electron chi connectivity index (χ0n) is 10.1. The third-order valence-corrected chi connectivity index (χ3v) is 3.44. The summed E-state index contributed by atoms with van der Waals surface area (Å²) in [4.78, 5) is 34.3. The lowest BCUT2D eigenvalue weighted by molar-refractivity contribution is -0.144. The molecule has 0 aliphatic carbocycles. The van der Waals surface area contributed by atoms with Crippen molar-refractivity contribution in [3.8, 4) is 0 Å². The van der Waals surface area contributed by atoms with Crippen LogP contribution in [0, 0.1) is 0 Å². The van der Waals surface area contributed by atoms with Crippen LogP contribution in [0.2, 0.25) is 0 Å². The number of urea groups is 1. The van der Waals surface area contributed by atoms with Crippen molar-refractivity contribution < 1.29 is 19.5 Å². The Morgan fingerprint density at radius 2 is 2.16 bits per heavy atom. The number of carbonyl (C=O) groups is 2. The lowest BCUT2D eigenvalue weighted by Crippen LogP contribution is -2.52. The first-order valence-corrected chi connectivity index (χ1v) is 6.57. The number of carbonyl (C=O) groups excluding carboxylic acids is 1. The van der Waals surface area contributed by atoms with E-state index in [9.17, 15) is 9.59 Å². The maximum absolute atomic E-state index is 11.6. The lowest BCUT2D eigenvalue weighted by atomic mass is 10.3. The minimum absolute atomic E-state index is 0.417. The molecular weight excluding hydrogens is 272 g/mol. The molecule has 0 radical (unpaired) electrons. The Balaban J connectivity index is 1.73. The molecule has 9 heteroatoms. The van der Waals surface area contributed by atoms with Gasteiger partial charge in [-0.1, -0.05) is 0 Å². The van der Waals surface area contributed by atoms with Gasteiger partial charge in [0.25, 0.3) is 0 Å². The van der Waals surface area contributed by atoms with Gasteiger partial charge in [0.15, 0.2) is 11.7 Å². The van der Waals surface area contributed by atoms with Crippen LogP contribution in [-0.2, 0) is 9.63 Å². The average molecular weight is 286 g/mol. The highest BCUT2D eigenvalue weighted by Gasteiger charge is 2.22. The Morgan fingerprint density at radius 3 is 2.74 bits per heavy atom. The van der Waals surface area contributed by atoms with Gasteiger partial charge in [-0.3, -0.25) is 4.84 Å². The number of carboxylic acids is 1. The van der Waals surface area contributed by atoms with E-state index in [0.717, 1.165) is 5.13 Å². The fraction of sp³-hybridized carbons (Fsp3) is 0.500. The van der Waals surface area contributed by atoms with Crippen molar-refractivity contribution in [2.24, 2.45) is 0 Å². The van der Waals surface area contributed by atoms with Crippen LogP contribution in [0.3, 0.4) is 0 Å². The van der Waals surface area contributed by atoms with E-state index in [4.69, 9.17) is 5.11 Å². The Kier molecular flexibility index (Phi) is 4.53. The number of nitrogens with one attached hydrogen (secondary N) is 1. The predicted octanol–water partition coefficient (Wildman–Crippen LogP) is -0.00910. The summed E-state index contributed by atoms with van der Waals surface area (Å²) < 4.78 is 0. The summed E-state index contributed by atoms with van der Waals surface area (Å²) in [5, 5.41) is 11.2. The Labute approximate surface area is 113 Å². The number of hydroxylamine groups is 1. The number of aromatic nitrogens is 1. The number of piperazine rings is 1. The SMILES string of the molecule is O=C(O)CONC(=O)N1CCN(c2nccs2)CC1. The number of hydrogen-bond acceptors (Lipinski definition) is 6. The highest BCUT2D eigenvalue weighted by molar-refractivity contribution is 7.13. The smallest absolute Gasteiger partial charge is 0.341 e. The molecule has 0 saturated carbocycles. The Morgan fingerprint density at radius 1 is 1.42 bits per heavy atom. The molecule has 1 aromatic heterocycles. The van der Waals surface area contributed by atoms with Crippen molar-refractivity contribution in [2.75, 3.05) is 37.7 Å². The average Bonchev–Trinajstić information content (AvgIpc) is 2.92. The molecule has 2 N–H and O–H groups in total. The van der Waals surface area contributed by atoms with Crippen molar-refractivity contribution in [1.29, 1.82) is 0 Å². The number of thiazole rings is 1. The van der Waals surface area contributed by atoms with E-state index in [0.29, 0.717) is 26.2 Å². The summed E-state index contributed by atoms with van der Waals surface area (Å²) in [7, 11) is 0. The number of carboxylic acid groups (broad SMARTS) is 1. The fourth-order valence-corrected chi connectivity index (χ4v) is 2.39. The van der Waals surface area contributed by atoms with Crippen LogP contribution in [0.15, 0.2) is 11.6 Å². The predicted molar refractivity (Wildman–Crippen MR) is 68.0 cm³/mol. The second-order valence-corrected chi connectivity index (χ2v) is 4.75. The molecule has 0 unspecified atom stereocenters. The molecule has 1 fully saturated rings. The number of aliphatic carboxylic acids is 1. The molecule has 1 saturated heterocycles. The zero-order chi connectivity index (χ0) is 13.7. The molecule has 104 valence electrons. The normalized spacial score (nSPS) is 15.4. The molecule has 0 bridgehead atoms. The second kappa shape index (κ2) is 6.34. The van der Waals surface area contributed by atoms with Crippen LogP contribution in [-0.4, -0.2) is 59.8 Å². The van der Waals surface area contributed by atoms with E-state index in [1.165, 1.54) is 0 Å². The largest absolute Gasteiger partial charge is 0.479 e. The third kappa shape index (κ3) is 3.80. The molecular formula is C10H14N4O4S. The van der Waals surface area contributed by atoms with Crippen molar-refractivity contribution in [3.63, 3.8) is 0 Å². The van der Waals surface area contributed by atoms with E-state index < -0.39 is 18.6 Å². The van der Waals surface area contributed by atoms with Gasteiger partial charge in [-0.15, -0.1) is 11.3 Å². The monoisotopic (exact) mass is 286 g/mol. The standard InChI is InChI=1S/C10H14N4O4S/c15-8(16)7-18-12-9(17)13-2-4-14(5-3-13)10-11-1-6-19-10/h1,6H,2-5,7H2,(H,12,17)(H,15,16).